The first-order valence-electron chi connectivity index (χ1n) is 47.8. The van der Waals surface area contributed by atoms with Gasteiger partial charge in [-0.05, 0) is 258 Å². The van der Waals surface area contributed by atoms with E-state index in [2.05, 4.69) is 461 Å². The van der Waals surface area contributed by atoms with Crippen LogP contribution in [0.3, 0.4) is 0 Å². The van der Waals surface area contributed by atoms with Gasteiger partial charge in [0.1, 0.15) is 0 Å². The zero-order chi connectivity index (χ0) is 89.9. The summed E-state index contributed by atoms with van der Waals surface area (Å²) in [7, 11) is 0. The smallest absolute Gasteiger partial charge is 0.0731 e. The fourth-order valence-electron chi connectivity index (χ4n) is 26.1. The van der Waals surface area contributed by atoms with Crippen LogP contribution in [-0.2, 0) is 10.8 Å². The molecule has 0 amide bonds. The van der Waals surface area contributed by atoms with Gasteiger partial charge < -0.3 is 0 Å². The monoisotopic (exact) mass is 1810 g/mol. The molecule has 2 unspecified atom stereocenters. The minimum absolute atomic E-state index is 0.501. The highest BCUT2D eigenvalue weighted by atomic mass is 32.1. The predicted octanol–water partition coefficient (Wildman–Crippen LogP) is 38.5. The first-order valence-corrected chi connectivity index (χ1v) is 51.1. The summed E-state index contributed by atoms with van der Waals surface area (Å²) in [6, 6.07) is 175. The predicted molar refractivity (Wildman–Crippen MR) is 595 cm³/mol. The molecule has 4 aromatic heterocycles. The second kappa shape index (κ2) is 29.1. The molecule has 636 valence electrons. The van der Waals surface area contributed by atoms with Crippen molar-refractivity contribution in [2.24, 2.45) is 0 Å². The molecule has 0 nitrogen and oxygen atoms in total. The van der Waals surface area contributed by atoms with E-state index >= 15 is 0 Å². The Kier molecular flexibility index (Phi) is 16.3. The zero-order valence-electron chi connectivity index (χ0n) is 74.5. The van der Waals surface area contributed by atoms with Crippen molar-refractivity contribution >= 4 is 191 Å². The first-order chi connectivity index (χ1) is 68.5. The minimum atomic E-state index is -0.503. The molecule has 32 rings (SSSR count). The molecule has 4 aliphatic carbocycles. The van der Waals surface area contributed by atoms with Crippen LogP contribution in [-0.4, -0.2) is 0 Å². The van der Waals surface area contributed by atoms with Crippen LogP contribution in [0.25, 0.3) is 257 Å². The van der Waals surface area contributed by atoms with Crippen LogP contribution in [0.4, 0.5) is 0 Å². The van der Waals surface area contributed by atoms with Crippen LogP contribution >= 0.6 is 45.3 Å². The zero-order valence-corrected chi connectivity index (χ0v) is 77.8. The fourth-order valence-corrected chi connectivity index (χ4v) is 30.8. The van der Waals surface area contributed by atoms with Crippen LogP contribution in [0.5, 0.6) is 0 Å². The molecule has 28 aromatic rings. The Balaban J connectivity index is 0.000000128. The van der Waals surface area contributed by atoms with Crippen molar-refractivity contribution in [3.05, 3.63) is 506 Å². The van der Waals surface area contributed by atoms with Gasteiger partial charge in [0.25, 0.3) is 0 Å². The molecule has 4 heterocycles. The van der Waals surface area contributed by atoms with Crippen LogP contribution in [0.1, 0.15) is 44.5 Å². The summed E-state index contributed by atoms with van der Waals surface area (Å²) in [6.45, 7) is 0. The molecule has 0 aliphatic heterocycles. The number of fused-ring (bicyclic) bond motifs is 40. The number of rotatable bonds is 6. The van der Waals surface area contributed by atoms with Crippen molar-refractivity contribution in [2.45, 2.75) is 10.8 Å². The van der Waals surface area contributed by atoms with Crippen molar-refractivity contribution in [3.8, 4) is 111 Å². The van der Waals surface area contributed by atoms with Gasteiger partial charge >= 0.3 is 0 Å². The summed E-state index contributed by atoms with van der Waals surface area (Å²) < 4.78 is 10.6. The molecule has 0 fully saturated rings. The second-order valence-electron chi connectivity index (χ2n) is 37.8. The van der Waals surface area contributed by atoms with E-state index in [0.29, 0.717) is 0 Å². The maximum atomic E-state index is 2.54. The largest absolute Gasteiger partial charge is 0.135 e. The summed E-state index contributed by atoms with van der Waals surface area (Å²) >= 11 is 7.60. The maximum absolute atomic E-state index is 2.54. The number of thiophene rings is 4. The Hall–Kier alpha value is -16.3. The molecular weight excluding hydrogens is 1740 g/mol. The molecule has 24 aromatic carbocycles. The topological polar surface area (TPSA) is 0 Å². The van der Waals surface area contributed by atoms with E-state index in [9.17, 15) is 0 Å². The summed E-state index contributed by atoms with van der Waals surface area (Å²) in [4.78, 5) is 0. The lowest BCUT2D eigenvalue weighted by Crippen LogP contribution is -2.26. The van der Waals surface area contributed by atoms with Crippen LogP contribution in [0.2, 0.25) is 0 Å². The molecule has 0 bridgehead atoms. The standard InChI is InChI=1S/2C67H38S2/c1-2-17-40-39(16-1)36-37-48-43-18-3-7-31-57(43)67(64(40)48)58-32-8-4-21-53(58)63-54(30-15-33-59(63)67)62-46-24-11-22-41(49-26-13-28-51-44-19-5-9-34-60(44)68-65(49)51)55(46)38-56-42(23-12-25-47(56)62)50-27-14-29-52-45-20-6-10-35-61(45)69-66(50)52;1-2-17-40-39(16-1)36-37-48-43-18-3-7-29-55(43)67(66(40)48)56-30-8-4-19-49(56)63-52(28-13-31-57(63)67)62-46-24-11-22-41(44-26-14-34-60-64(44)50-20-5-9-32-58(50)68-60)53(46)38-54-42(23-12-25-47(54)62)45-27-15-35-61-65(45)51-21-6-10-33-59(51)69-61/h2*1-38H. The van der Waals surface area contributed by atoms with Gasteiger partial charge in [-0.15, -0.1) is 45.3 Å². The normalized spacial score (nSPS) is 14.7. The third-order valence-electron chi connectivity index (χ3n) is 31.4. The summed E-state index contributed by atoms with van der Waals surface area (Å²) in [5.74, 6) is 0. The lowest BCUT2D eigenvalue weighted by molar-refractivity contribution is 0.801. The molecule has 138 heavy (non-hydrogen) atoms. The van der Waals surface area contributed by atoms with E-state index in [4.69, 9.17) is 0 Å². The van der Waals surface area contributed by atoms with Crippen LogP contribution in [0, 0.1) is 0 Å². The molecule has 4 aliphatic rings. The number of hydrogen-bond acceptors (Lipinski definition) is 4. The lowest BCUT2D eigenvalue weighted by atomic mass is 9.69. The van der Waals surface area contributed by atoms with Gasteiger partial charge in [-0.2, -0.15) is 0 Å². The van der Waals surface area contributed by atoms with Crippen molar-refractivity contribution in [2.75, 3.05) is 0 Å². The van der Waals surface area contributed by atoms with E-state index in [1.165, 1.54) is 301 Å². The maximum Gasteiger partial charge on any atom is 0.0731 e. The molecule has 2 atom stereocenters. The van der Waals surface area contributed by atoms with Crippen LogP contribution < -0.4 is 0 Å². The summed E-state index contributed by atoms with van der Waals surface area (Å²) in [5.41, 5.74) is 35.7. The quantitative estimate of drug-likeness (QED) is 0.146. The lowest BCUT2D eigenvalue weighted by Gasteiger charge is -2.31. The molecule has 0 radical (unpaired) electrons. The van der Waals surface area contributed by atoms with Crippen molar-refractivity contribution < 1.29 is 0 Å². The Bertz CT molecular complexity index is 9950. The molecule has 4 heteroatoms. The Morgan fingerprint density at radius 2 is 0.391 bits per heavy atom. The Morgan fingerprint density at radius 3 is 0.797 bits per heavy atom. The number of benzene rings is 24. The van der Waals surface area contributed by atoms with Gasteiger partial charge in [-0.3, -0.25) is 0 Å². The molecular formula is C134H76S4. The van der Waals surface area contributed by atoms with Crippen molar-refractivity contribution in [1.82, 2.24) is 0 Å². The SMILES string of the molecule is c1ccc2c(c1)-c1ccc3ccccc3c1C21c2ccccc2-c2c(-c3c4cccc(-c5cccc6c5sc5ccccc56)c4cc4c(-c5cccc6c5sc5ccccc56)cccc34)cccc21.c1ccc2c(c1)-c1ccc3ccccc3c1C21c2ccccc2-c2c(-c3c4cccc(-c5cccc6sc7ccccc7c56)c4cc4c(-c5cccc6sc7ccccc7c56)cccc34)cccc21. The highest BCUT2D eigenvalue weighted by molar-refractivity contribution is 7.27. The average Bonchev–Trinajstić information content (AvgIpc) is 1.50. The van der Waals surface area contributed by atoms with E-state index in [1.807, 2.05) is 45.3 Å². The Morgan fingerprint density at radius 1 is 0.130 bits per heavy atom. The fraction of sp³-hybridized carbons (Fsp3) is 0.0149. The molecule has 0 saturated carbocycles. The number of hydrogen-bond donors (Lipinski definition) is 0. The Labute approximate surface area is 811 Å². The third kappa shape index (κ3) is 10.4. The summed E-state index contributed by atoms with van der Waals surface area (Å²) in [5, 5.41) is 25.8. The first kappa shape index (κ1) is 77.1. The van der Waals surface area contributed by atoms with Gasteiger partial charge in [0.2, 0.25) is 0 Å². The van der Waals surface area contributed by atoms with E-state index in [0.717, 1.165) is 0 Å². The average molecular weight is 1810 g/mol. The van der Waals surface area contributed by atoms with E-state index in [1.54, 1.807) is 0 Å². The van der Waals surface area contributed by atoms with Gasteiger partial charge in [0.05, 0.1) is 10.8 Å². The van der Waals surface area contributed by atoms with Crippen molar-refractivity contribution in [1.29, 1.82) is 0 Å². The van der Waals surface area contributed by atoms with Crippen molar-refractivity contribution in [3.63, 3.8) is 0 Å². The molecule has 0 N–H and O–H groups in total. The van der Waals surface area contributed by atoms with Gasteiger partial charge in [-0.25, -0.2) is 0 Å². The van der Waals surface area contributed by atoms with E-state index < -0.39 is 10.8 Å². The van der Waals surface area contributed by atoms with E-state index in [-0.39, 0.29) is 0 Å². The molecule has 0 saturated heterocycles. The van der Waals surface area contributed by atoms with Gasteiger partial charge in [0.15, 0.2) is 0 Å². The van der Waals surface area contributed by atoms with Crippen LogP contribution in [0.15, 0.2) is 461 Å². The third-order valence-corrected chi connectivity index (χ3v) is 36.1. The van der Waals surface area contributed by atoms with Gasteiger partial charge in [0, 0.05) is 91.8 Å². The van der Waals surface area contributed by atoms with Gasteiger partial charge in [-0.1, -0.05) is 413 Å². The minimum Gasteiger partial charge on any atom is -0.135 e. The molecule has 2 spiro atoms. The summed E-state index contributed by atoms with van der Waals surface area (Å²) in [6.07, 6.45) is 0. The highest BCUT2D eigenvalue weighted by Gasteiger charge is 2.55. The highest BCUT2D eigenvalue weighted by Crippen LogP contribution is 2.69. The second-order valence-corrected chi connectivity index (χ2v) is 42.0.